The molecule has 0 N–H and O–H groups in total. The van der Waals surface area contributed by atoms with E-state index in [9.17, 15) is 5.26 Å². The minimum Gasteiger partial charge on any atom is -0.489 e. The van der Waals surface area contributed by atoms with Crippen LogP contribution >= 0.6 is 0 Å². The molecular formula is C19H25NO. The molecule has 2 aliphatic rings. The molecule has 1 aromatic rings. The van der Waals surface area contributed by atoms with Crippen LogP contribution in [0.3, 0.4) is 0 Å². The number of hydrogen-bond donors (Lipinski definition) is 0. The van der Waals surface area contributed by atoms with Crippen molar-refractivity contribution >= 4 is 0 Å². The van der Waals surface area contributed by atoms with Gasteiger partial charge in [0.2, 0.25) is 0 Å². The van der Waals surface area contributed by atoms with Crippen molar-refractivity contribution in [3.05, 3.63) is 29.3 Å². The highest BCUT2D eigenvalue weighted by Crippen LogP contribution is 2.35. The second-order valence-corrected chi connectivity index (χ2v) is 6.64. The van der Waals surface area contributed by atoms with Crippen molar-refractivity contribution in [2.75, 3.05) is 0 Å². The first-order valence-corrected chi connectivity index (χ1v) is 8.48. The molecule has 0 radical (unpaired) electrons. The molecular weight excluding hydrogens is 258 g/mol. The van der Waals surface area contributed by atoms with Crippen molar-refractivity contribution in [2.45, 2.75) is 64.4 Å². The van der Waals surface area contributed by atoms with Crippen LogP contribution < -0.4 is 4.74 Å². The molecule has 0 heterocycles. The molecule has 3 unspecified atom stereocenters. The topological polar surface area (TPSA) is 33.0 Å². The molecule has 2 nitrogen and oxygen atoms in total. The summed E-state index contributed by atoms with van der Waals surface area (Å²) in [5.74, 6) is 1.77. The minimum absolute atomic E-state index is 0.0614. The fourth-order valence-electron chi connectivity index (χ4n) is 3.96. The summed E-state index contributed by atoms with van der Waals surface area (Å²) in [7, 11) is 0. The van der Waals surface area contributed by atoms with Gasteiger partial charge in [-0.05, 0) is 67.7 Å². The maximum Gasteiger partial charge on any atom is 0.120 e. The highest BCUT2D eigenvalue weighted by Gasteiger charge is 2.31. The third kappa shape index (κ3) is 3.23. The lowest BCUT2D eigenvalue weighted by Crippen LogP contribution is -2.33. The lowest BCUT2D eigenvalue weighted by Gasteiger charge is -2.33. The Balaban J connectivity index is 1.70. The standard InChI is InChI=1S/C19H25NO/c1-2-4-14-7-8-17(13-20)19(11-14)21-18-10-9-15-5-3-6-16(15)12-18/h9-10,12,14,17,19H,2-8,11H2,1H3. The van der Waals surface area contributed by atoms with Crippen molar-refractivity contribution in [1.29, 1.82) is 5.26 Å². The van der Waals surface area contributed by atoms with Crippen LogP contribution in [0.2, 0.25) is 0 Å². The minimum atomic E-state index is 0.0614. The molecule has 0 aromatic heterocycles. The van der Waals surface area contributed by atoms with E-state index in [1.165, 1.54) is 49.7 Å². The number of nitriles is 1. The van der Waals surface area contributed by atoms with Crippen LogP contribution in [0.1, 0.15) is 56.6 Å². The molecule has 112 valence electrons. The number of rotatable bonds is 4. The molecule has 2 aliphatic carbocycles. The molecule has 0 aliphatic heterocycles. The number of benzene rings is 1. The van der Waals surface area contributed by atoms with Crippen LogP contribution in [0.15, 0.2) is 18.2 Å². The molecule has 2 heteroatoms. The van der Waals surface area contributed by atoms with Gasteiger partial charge in [0.15, 0.2) is 0 Å². The third-order valence-electron chi connectivity index (χ3n) is 5.12. The smallest absolute Gasteiger partial charge is 0.120 e. The summed E-state index contributed by atoms with van der Waals surface area (Å²) in [6.07, 6.45) is 9.46. The first kappa shape index (κ1) is 14.4. The van der Waals surface area contributed by atoms with Gasteiger partial charge in [0.1, 0.15) is 11.9 Å². The van der Waals surface area contributed by atoms with Crippen molar-refractivity contribution in [3.63, 3.8) is 0 Å². The molecule has 0 bridgehead atoms. The van der Waals surface area contributed by atoms with Crippen LogP contribution in [0, 0.1) is 23.2 Å². The Morgan fingerprint density at radius 2 is 2.10 bits per heavy atom. The Bertz CT molecular complexity index is 531. The maximum atomic E-state index is 9.38. The summed E-state index contributed by atoms with van der Waals surface area (Å²) in [5.41, 5.74) is 2.92. The Morgan fingerprint density at radius 3 is 2.90 bits per heavy atom. The van der Waals surface area contributed by atoms with E-state index in [0.29, 0.717) is 0 Å². The molecule has 0 saturated heterocycles. The SMILES string of the molecule is CCCC1CCC(C#N)C(Oc2ccc3c(c2)CCC3)C1. The Labute approximate surface area is 128 Å². The highest BCUT2D eigenvalue weighted by molar-refractivity contribution is 5.38. The molecule has 21 heavy (non-hydrogen) atoms. The van der Waals surface area contributed by atoms with Gasteiger partial charge in [-0.15, -0.1) is 0 Å². The molecule has 1 fully saturated rings. The summed E-state index contributed by atoms with van der Waals surface area (Å²) < 4.78 is 6.24. The van der Waals surface area contributed by atoms with Gasteiger partial charge < -0.3 is 4.74 Å². The summed E-state index contributed by atoms with van der Waals surface area (Å²) >= 11 is 0. The van der Waals surface area contributed by atoms with E-state index in [0.717, 1.165) is 24.5 Å². The first-order valence-electron chi connectivity index (χ1n) is 8.48. The fraction of sp³-hybridized carbons (Fsp3) is 0.632. The van der Waals surface area contributed by atoms with Crippen molar-refractivity contribution in [2.24, 2.45) is 11.8 Å². The number of nitrogens with zero attached hydrogens (tertiary/aromatic N) is 1. The molecule has 3 atom stereocenters. The molecule has 0 amide bonds. The van der Waals surface area contributed by atoms with E-state index in [1.807, 2.05) is 0 Å². The predicted octanol–water partition coefficient (Wildman–Crippen LogP) is 4.66. The highest BCUT2D eigenvalue weighted by atomic mass is 16.5. The van der Waals surface area contributed by atoms with E-state index in [-0.39, 0.29) is 12.0 Å². The summed E-state index contributed by atoms with van der Waals surface area (Å²) in [6.45, 7) is 2.24. The molecule has 0 spiro atoms. The molecule has 3 rings (SSSR count). The summed E-state index contributed by atoms with van der Waals surface area (Å²) in [6, 6.07) is 8.99. The Morgan fingerprint density at radius 1 is 1.24 bits per heavy atom. The largest absolute Gasteiger partial charge is 0.489 e. The van der Waals surface area contributed by atoms with E-state index >= 15 is 0 Å². The van der Waals surface area contributed by atoms with Crippen molar-refractivity contribution < 1.29 is 4.74 Å². The lowest BCUT2D eigenvalue weighted by molar-refractivity contribution is 0.0874. The van der Waals surface area contributed by atoms with Gasteiger partial charge in [0, 0.05) is 0 Å². The average Bonchev–Trinajstić information content (AvgIpc) is 2.95. The van der Waals surface area contributed by atoms with Crippen molar-refractivity contribution in [1.82, 2.24) is 0 Å². The van der Waals surface area contributed by atoms with Crippen molar-refractivity contribution in [3.8, 4) is 11.8 Å². The van der Waals surface area contributed by atoms with Gasteiger partial charge in [0.05, 0.1) is 12.0 Å². The molecule has 1 aromatic carbocycles. The van der Waals surface area contributed by atoms with Gasteiger partial charge in [-0.2, -0.15) is 5.26 Å². The second-order valence-electron chi connectivity index (χ2n) is 6.64. The van der Waals surface area contributed by atoms with E-state index < -0.39 is 0 Å². The normalized spacial score (nSPS) is 27.9. The zero-order valence-electron chi connectivity index (χ0n) is 13.0. The number of fused-ring (bicyclic) bond motifs is 1. The van der Waals surface area contributed by atoms with E-state index in [1.54, 1.807) is 0 Å². The monoisotopic (exact) mass is 283 g/mol. The first-order chi connectivity index (χ1) is 10.3. The van der Waals surface area contributed by atoms with Gasteiger partial charge in [-0.3, -0.25) is 0 Å². The average molecular weight is 283 g/mol. The lowest BCUT2D eigenvalue weighted by atomic mass is 9.78. The van der Waals surface area contributed by atoms with Crippen LogP contribution in [0.5, 0.6) is 5.75 Å². The Kier molecular flexibility index (Phi) is 4.48. The zero-order valence-corrected chi connectivity index (χ0v) is 13.0. The predicted molar refractivity (Wildman–Crippen MR) is 84.2 cm³/mol. The fourth-order valence-corrected chi connectivity index (χ4v) is 3.96. The van der Waals surface area contributed by atoms with Crippen LogP contribution in [-0.4, -0.2) is 6.10 Å². The summed E-state index contributed by atoms with van der Waals surface area (Å²) in [4.78, 5) is 0. The number of hydrogen-bond acceptors (Lipinski definition) is 2. The quantitative estimate of drug-likeness (QED) is 0.805. The van der Waals surface area contributed by atoms with Gasteiger partial charge >= 0.3 is 0 Å². The second kappa shape index (κ2) is 6.52. The van der Waals surface area contributed by atoms with Crippen LogP contribution in [0.25, 0.3) is 0 Å². The Hall–Kier alpha value is -1.49. The third-order valence-corrected chi connectivity index (χ3v) is 5.12. The van der Waals surface area contributed by atoms with E-state index in [2.05, 4.69) is 31.2 Å². The van der Waals surface area contributed by atoms with Gasteiger partial charge in [0.25, 0.3) is 0 Å². The zero-order chi connectivity index (χ0) is 14.7. The number of aryl methyl sites for hydroxylation is 2. The van der Waals surface area contributed by atoms with Crippen LogP contribution in [0.4, 0.5) is 0 Å². The van der Waals surface area contributed by atoms with Gasteiger partial charge in [-0.1, -0.05) is 25.8 Å². The maximum absolute atomic E-state index is 9.38. The van der Waals surface area contributed by atoms with Gasteiger partial charge in [-0.25, -0.2) is 0 Å². The van der Waals surface area contributed by atoms with E-state index in [4.69, 9.17) is 4.74 Å². The number of ether oxygens (including phenoxy) is 1. The molecule has 1 saturated carbocycles. The summed E-state index contributed by atoms with van der Waals surface area (Å²) in [5, 5.41) is 9.38. The van der Waals surface area contributed by atoms with Crippen LogP contribution in [-0.2, 0) is 12.8 Å².